The summed E-state index contributed by atoms with van der Waals surface area (Å²) < 4.78 is 10.2. The Morgan fingerprint density at radius 1 is 1.44 bits per heavy atom. The smallest absolute Gasteiger partial charge is 0.326 e. The molecular formula is C12H21NO3. The quantitative estimate of drug-likeness (QED) is 0.731. The summed E-state index contributed by atoms with van der Waals surface area (Å²) in [4.78, 5) is 11.7. The van der Waals surface area contributed by atoms with Crippen molar-refractivity contribution in [2.24, 2.45) is 5.92 Å². The minimum atomic E-state index is -0.368. The van der Waals surface area contributed by atoms with E-state index in [0.29, 0.717) is 5.92 Å². The molecule has 2 aliphatic rings. The molecule has 92 valence electrons. The third kappa shape index (κ3) is 2.38. The van der Waals surface area contributed by atoms with Gasteiger partial charge in [-0.2, -0.15) is 0 Å². The minimum Gasteiger partial charge on any atom is -0.468 e. The summed E-state index contributed by atoms with van der Waals surface area (Å²) in [5.74, 6) is 0.557. The van der Waals surface area contributed by atoms with Gasteiger partial charge in [0.05, 0.1) is 7.11 Å². The number of nitrogens with one attached hydrogen (secondary N) is 1. The van der Waals surface area contributed by atoms with Crippen LogP contribution in [-0.2, 0) is 14.3 Å². The molecule has 4 nitrogen and oxygen atoms in total. The molecule has 4 heteroatoms. The normalized spacial score (nSPS) is 24.8. The molecule has 0 aromatic heterocycles. The first-order valence-electron chi connectivity index (χ1n) is 6.18. The van der Waals surface area contributed by atoms with E-state index in [4.69, 9.17) is 9.47 Å². The van der Waals surface area contributed by atoms with Crippen molar-refractivity contribution in [1.29, 1.82) is 0 Å². The van der Waals surface area contributed by atoms with Gasteiger partial charge in [-0.05, 0) is 44.6 Å². The molecule has 0 amide bonds. The fourth-order valence-electron chi connectivity index (χ4n) is 2.47. The highest BCUT2D eigenvalue weighted by Gasteiger charge is 2.45. The van der Waals surface area contributed by atoms with Crippen molar-refractivity contribution < 1.29 is 14.3 Å². The van der Waals surface area contributed by atoms with E-state index >= 15 is 0 Å². The van der Waals surface area contributed by atoms with Crippen LogP contribution in [0.25, 0.3) is 0 Å². The summed E-state index contributed by atoms with van der Waals surface area (Å²) in [6.45, 7) is 2.63. The third-order valence-corrected chi connectivity index (χ3v) is 3.85. The second-order valence-electron chi connectivity index (χ2n) is 4.86. The number of hydrogen-bond acceptors (Lipinski definition) is 4. The zero-order valence-corrected chi connectivity index (χ0v) is 9.96. The van der Waals surface area contributed by atoms with Crippen LogP contribution in [0.5, 0.6) is 0 Å². The van der Waals surface area contributed by atoms with Crippen molar-refractivity contribution in [1.82, 2.24) is 5.32 Å². The first-order chi connectivity index (χ1) is 7.77. The Hall–Kier alpha value is -0.610. The van der Waals surface area contributed by atoms with Gasteiger partial charge in [0, 0.05) is 13.2 Å². The van der Waals surface area contributed by atoms with Gasteiger partial charge in [0.2, 0.25) is 0 Å². The van der Waals surface area contributed by atoms with Crippen LogP contribution >= 0.6 is 0 Å². The molecule has 1 aliphatic heterocycles. The average molecular weight is 227 g/mol. The van der Waals surface area contributed by atoms with Crippen molar-refractivity contribution in [3.05, 3.63) is 0 Å². The Bertz CT molecular complexity index is 245. The standard InChI is InChI=1S/C12H21NO3/c1-15-11(14)12(5-2-6-12)13-9-10-3-7-16-8-4-10/h10,13H,2-9H2,1H3. The first-order valence-corrected chi connectivity index (χ1v) is 6.18. The van der Waals surface area contributed by atoms with Crippen LogP contribution < -0.4 is 5.32 Å². The van der Waals surface area contributed by atoms with Crippen molar-refractivity contribution in [3.63, 3.8) is 0 Å². The largest absolute Gasteiger partial charge is 0.468 e. The van der Waals surface area contributed by atoms with Crippen LogP contribution in [-0.4, -0.2) is 38.4 Å². The summed E-state index contributed by atoms with van der Waals surface area (Å²) in [5.41, 5.74) is -0.368. The van der Waals surface area contributed by atoms with E-state index in [2.05, 4.69) is 5.32 Å². The zero-order chi connectivity index (χ0) is 11.4. The number of carbonyl (C=O) groups excluding carboxylic acids is 1. The van der Waals surface area contributed by atoms with E-state index in [1.54, 1.807) is 0 Å². The second kappa shape index (κ2) is 5.15. The predicted octanol–water partition coefficient (Wildman–Crippen LogP) is 1.10. The van der Waals surface area contributed by atoms with Gasteiger partial charge in [-0.15, -0.1) is 0 Å². The molecule has 2 fully saturated rings. The van der Waals surface area contributed by atoms with Crippen LogP contribution in [0.3, 0.4) is 0 Å². The highest BCUT2D eigenvalue weighted by atomic mass is 16.5. The maximum absolute atomic E-state index is 11.7. The van der Waals surface area contributed by atoms with E-state index in [-0.39, 0.29) is 11.5 Å². The third-order valence-electron chi connectivity index (χ3n) is 3.85. The fraction of sp³-hybridized carbons (Fsp3) is 0.917. The molecular weight excluding hydrogens is 206 g/mol. The Balaban J connectivity index is 1.80. The van der Waals surface area contributed by atoms with Gasteiger partial charge >= 0.3 is 5.97 Å². The maximum Gasteiger partial charge on any atom is 0.326 e. The van der Waals surface area contributed by atoms with Crippen LogP contribution in [0.15, 0.2) is 0 Å². The summed E-state index contributed by atoms with van der Waals surface area (Å²) >= 11 is 0. The van der Waals surface area contributed by atoms with Gasteiger partial charge in [0.25, 0.3) is 0 Å². The molecule has 0 radical (unpaired) electrons. The molecule has 1 heterocycles. The molecule has 16 heavy (non-hydrogen) atoms. The molecule has 1 saturated heterocycles. The number of esters is 1. The van der Waals surface area contributed by atoms with Gasteiger partial charge in [-0.25, -0.2) is 0 Å². The number of rotatable bonds is 4. The summed E-state index contributed by atoms with van der Waals surface area (Å²) in [7, 11) is 1.47. The Kier molecular flexibility index (Phi) is 3.82. The molecule has 1 aliphatic carbocycles. The van der Waals surface area contributed by atoms with Crippen LogP contribution in [0, 0.1) is 5.92 Å². The monoisotopic (exact) mass is 227 g/mol. The highest BCUT2D eigenvalue weighted by Crippen LogP contribution is 2.33. The van der Waals surface area contributed by atoms with Crippen LogP contribution in [0.1, 0.15) is 32.1 Å². The van der Waals surface area contributed by atoms with Gasteiger partial charge in [-0.3, -0.25) is 4.79 Å². The lowest BCUT2D eigenvalue weighted by Gasteiger charge is -2.41. The molecule has 0 bridgehead atoms. The predicted molar refractivity (Wildman–Crippen MR) is 60.1 cm³/mol. The number of carbonyl (C=O) groups is 1. The lowest BCUT2D eigenvalue weighted by atomic mass is 9.76. The summed E-state index contributed by atoms with van der Waals surface area (Å²) in [5, 5.41) is 3.42. The first kappa shape index (κ1) is 11.9. The molecule has 0 atom stereocenters. The van der Waals surface area contributed by atoms with Crippen LogP contribution in [0.4, 0.5) is 0 Å². The lowest BCUT2D eigenvalue weighted by Crippen LogP contribution is -2.58. The highest BCUT2D eigenvalue weighted by molar-refractivity contribution is 5.81. The molecule has 1 saturated carbocycles. The summed E-state index contributed by atoms with van der Waals surface area (Å²) in [6.07, 6.45) is 5.16. The van der Waals surface area contributed by atoms with E-state index < -0.39 is 0 Å². The number of hydrogen-bond donors (Lipinski definition) is 1. The Morgan fingerprint density at radius 3 is 2.62 bits per heavy atom. The molecule has 0 unspecified atom stereocenters. The minimum absolute atomic E-state index is 0.0918. The van der Waals surface area contributed by atoms with E-state index in [0.717, 1.165) is 51.9 Å². The Labute approximate surface area is 96.7 Å². The molecule has 0 aromatic carbocycles. The van der Waals surface area contributed by atoms with Crippen molar-refractivity contribution in [3.8, 4) is 0 Å². The van der Waals surface area contributed by atoms with Gasteiger partial charge in [-0.1, -0.05) is 0 Å². The summed E-state index contributed by atoms with van der Waals surface area (Å²) in [6, 6.07) is 0. The SMILES string of the molecule is COC(=O)C1(NCC2CCOCC2)CCC1. The number of methoxy groups -OCH3 is 1. The van der Waals surface area contributed by atoms with Gasteiger partial charge < -0.3 is 14.8 Å². The second-order valence-corrected chi connectivity index (χ2v) is 4.86. The van der Waals surface area contributed by atoms with E-state index in [9.17, 15) is 4.79 Å². The zero-order valence-electron chi connectivity index (χ0n) is 9.96. The molecule has 1 N–H and O–H groups in total. The van der Waals surface area contributed by atoms with Gasteiger partial charge in [0.1, 0.15) is 5.54 Å². The average Bonchev–Trinajstić information content (AvgIpc) is 2.28. The van der Waals surface area contributed by atoms with Crippen molar-refractivity contribution in [2.75, 3.05) is 26.9 Å². The maximum atomic E-state index is 11.7. The van der Waals surface area contributed by atoms with Crippen LogP contribution in [0.2, 0.25) is 0 Å². The molecule has 0 spiro atoms. The topological polar surface area (TPSA) is 47.6 Å². The van der Waals surface area contributed by atoms with E-state index in [1.807, 2.05) is 0 Å². The van der Waals surface area contributed by atoms with Crippen molar-refractivity contribution in [2.45, 2.75) is 37.6 Å². The van der Waals surface area contributed by atoms with E-state index in [1.165, 1.54) is 7.11 Å². The lowest BCUT2D eigenvalue weighted by molar-refractivity contribution is -0.152. The van der Waals surface area contributed by atoms with Gasteiger partial charge in [0.15, 0.2) is 0 Å². The fourth-order valence-corrected chi connectivity index (χ4v) is 2.47. The Morgan fingerprint density at radius 2 is 2.12 bits per heavy atom. The molecule has 0 aromatic rings. The van der Waals surface area contributed by atoms with Crippen molar-refractivity contribution >= 4 is 5.97 Å². The number of ether oxygens (including phenoxy) is 2. The molecule has 2 rings (SSSR count).